The molecule has 0 aromatic rings. The standard InChI is InChI=1S/C17H36N4/c1-5-18-17(21-14-10-11-16(4)15-21)19-12-8-9-13-20(6-2)7-3/h16H,5-15H2,1-4H3,(H,18,19). The molecule has 1 N–H and O–H groups in total. The zero-order chi connectivity index (χ0) is 15.5. The van der Waals surface area contributed by atoms with Gasteiger partial charge in [-0.05, 0) is 58.2 Å². The average Bonchev–Trinajstić information content (AvgIpc) is 2.50. The van der Waals surface area contributed by atoms with Crippen LogP contribution in [0.1, 0.15) is 53.4 Å². The lowest BCUT2D eigenvalue weighted by atomic mass is 10.0. The zero-order valence-corrected chi connectivity index (χ0v) is 14.7. The summed E-state index contributed by atoms with van der Waals surface area (Å²) >= 11 is 0. The summed E-state index contributed by atoms with van der Waals surface area (Å²) in [5, 5.41) is 3.46. The number of unbranched alkanes of at least 4 members (excludes halogenated alkanes) is 1. The minimum atomic E-state index is 0.797. The zero-order valence-electron chi connectivity index (χ0n) is 14.7. The topological polar surface area (TPSA) is 30.9 Å². The molecule has 0 spiro atoms. The highest BCUT2D eigenvalue weighted by atomic mass is 15.3. The Morgan fingerprint density at radius 2 is 2.00 bits per heavy atom. The molecule has 0 aromatic carbocycles. The third-order valence-electron chi connectivity index (χ3n) is 4.33. The van der Waals surface area contributed by atoms with Gasteiger partial charge in [-0.2, -0.15) is 0 Å². The van der Waals surface area contributed by atoms with Gasteiger partial charge in [0.1, 0.15) is 0 Å². The molecule has 0 bridgehead atoms. The number of nitrogens with one attached hydrogen (secondary N) is 1. The normalized spacial score (nSPS) is 20.1. The smallest absolute Gasteiger partial charge is 0.193 e. The molecule has 0 amide bonds. The summed E-state index contributed by atoms with van der Waals surface area (Å²) in [7, 11) is 0. The number of hydrogen-bond donors (Lipinski definition) is 1. The third-order valence-corrected chi connectivity index (χ3v) is 4.33. The van der Waals surface area contributed by atoms with E-state index >= 15 is 0 Å². The molecule has 1 aliphatic heterocycles. The van der Waals surface area contributed by atoms with Crippen molar-refractivity contribution in [3.63, 3.8) is 0 Å². The number of hydrogen-bond acceptors (Lipinski definition) is 2. The number of rotatable bonds is 8. The van der Waals surface area contributed by atoms with Gasteiger partial charge in [0.2, 0.25) is 0 Å². The van der Waals surface area contributed by atoms with Crippen molar-refractivity contribution in [3.05, 3.63) is 0 Å². The molecule has 4 nitrogen and oxygen atoms in total. The summed E-state index contributed by atoms with van der Waals surface area (Å²) in [6.45, 7) is 16.7. The van der Waals surface area contributed by atoms with Gasteiger partial charge < -0.3 is 15.1 Å². The molecule has 1 aliphatic rings. The molecule has 0 saturated carbocycles. The Hall–Kier alpha value is -0.770. The molecule has 1 atom stereocenters. The van der Waals surface area contributed by atoms with E-state index < -0.39 is 0 Å². The molecule has 1 rings (SSSR count). The van der Waals surface area contributed by atoms with Gasteiger partial charge in [0, 0.05) is 26.2 Å². The summed E-state index contributed by atoms with van der Waals surface area (Å²) in [5.74, 6) is 1.93. The summed E-state index contributed by atoms with van der Waals surface area (Å²) in [6, 6.07) is 0. The van der Waals surface area contributed by atoms with Crippen LogP contribution in [0.2, 0.25) is 0 Å². The molecule has 1 fully saturated rings. The lowest BCUT2D eigenvalue weighted by Crippen LogP contribution is -2.46. The highest BCUT2D eigenvalue weighted by molar-refractivity contribution is 5.80. The lowest BCUT2D eigenvalue weighted by molar-refractivity contribution is 0.265. The molecule has 1 unspecified atom stereocenters. The van der Waals surface area contributed by atoms with E-state index in [1.165, 1.54) is 32.2 Å². The van der Waals surface area contributed by atoms with Gasteiger partial charge in [-0.15, -0.1) is 0 Å². The molecule has 124 valence electrons. The fraction of sp³-hybridized carbons (Fsp3) is 0.941. The van der Waals surface area contributed by atoms with Crippen LogP contribution in [0.3, 0.4) is 0 Å². The van der Waals surface area contributed by atoms with Gasteiger partial charge in [-0.3, -0.25) is 4.99 Å². The summed E-state index contributed by atoms with van der Waals surface area (Å²) in [6.07, 6.45) is 5.10. The number of guanidine groups is 1. The van der Waals surface area contributed by atoms with E-state index in [0.29, 0.717) is 0 Å². The van der Waals surface area contributed by atoms with Crippen LogP contribution in [0.15, 0.2) is 4.99 Å². The molecule has 0 radical (unpaired) electrons. The van der Waals surface area contributed by atoms with Gasteiger partial charge in [0.15, 0.2) is 5.96 Å². The number of likely N-dealkylation sites (tertiary alicyclic amines) is 1. The summed E-state index contributed by atoms with van der Waals surface area (Å²) in [5.41, 5.74) is 0. The Kier molecular flexibility index (Phi) is 9.48. The van der Waals surface area contributed by atoms with E-state index in [4.69, 9.17) is 4.99 Å². The lowest BCUT2D eigenvalue weighted by Gasteiger charge is -2.33. The van der Waals surface area contributed by atoms with E-state index in [1.807, 2.05) is 0 Å². The molecular formula is C17H36N4. The fourth-order valence-electron chi connectivity index (χ4n) is 2.98. The molecular weight excluding hydrogens is 260 g/mol. The van der Waals surface area contributed by atoms with E-state index in [9.17, 15) is 0 Å². The van der Waals surface area contributed by atoms with Crippen molar-refractivity contribution in [2.75, 3.05) is 45.8 Å². The minimum absolute atomic E-state index is 0.797. The minimum Gasteiger partial charge on any atom is -0.357 e. The Balaban J connectivity index is 2.34. The van der Waals surface area contributed by atoms with Gasteiger partial charge >= 0.3 is 0 Å². The second-order valence-electron chi connectivity index (χ2n) is 6.16. The third kappa shape index (κ3) is 7.16. The van der Waals surface area contributed by atoms with Crippen molar-refractivity contribution >= 4 is 5.96 Å². The first-order chi connectivity index (χ1) is 10.2. The average molecular weight is 297 g/mol. The highest BCUT2D eigenvalue weighted by Gasteiger charge is 2.18. The van der Waals surface area contributed by atoms with Crippen molar-refractivity contribution in [3.8, 4) is 0 Å². The molecule has 21 heavy (non-hydrogen) atoms. The van der Waals surface area contributed by atoms with Crippen LogP contribution in [-0.4, -0.2) is 61.6 Å². The SMILES string of the molecule is CCNC(=NCCCCN(CC)CC)N1CCCC(C)C1. The first-order valence-electron chi connectivity index (χ1n) is 8.96. The molecule has 4 heteroatoms. The van der Waals surface area contributed by atoms with Crippen LogP contribution >= 0.6 is 0 Å². The van der Waals surface area contributed by atoms with Crippen LogP contribution in [-0.2, 0) is 0 Å². The van der Waals surface area contributed by atoms with Gasteiger partial charge in [0.25, 0.3) is 0 Å². The first-order valence-corrected chi connectivity index (χ1v) is 8.96. The monoisotopic (exact) mass is 296 g/mol. The molecule has 1 heterocycles. The van der Waals surface area contributed by atoms with Crippen molar-refractivity contribution in [2.45, 2.75) is 53.4 Å². The Morgan fingerprint density at radius 3 is 2.62 bits per heavy atom. The first kappa shape index (κ1) is 18.3. The predicted octanol–water partition coefficient (Wildman–Crippen LogP) is 2.81. The van der Waals surface area contributed by atoms with Crippen LogP contribution in [0.4, 0.5) is 0 Å². The van der Waals surface area contributed by atoms with Crippen molar-refractivity contribution < 1.29 is 0 Å². The predicted molar refractivity (Wildman–Crippen MR) is 93.0 cm³/mol. The van der Waals surface area contributed by atoms with Gasteiger partial charge in [-0.25, -0.2) is 0 Å². The summed E-state index contributed by atoms with van der Waals surface area (Å²) < 4.78 is 0. The van der Waals surface area contributed by atoms with Crippen molar-refractivity contribution in [2.24, 2.45) is 10.9 Å². The van der Waals surface area contributed by atoms with E-state index in [-0.39, 0.29) is 0 Å². The van der Waals surface area contributed by atoms with Crippen LogP contribution in [0.5, 0.6) is 0 Å². The highest BCUT2D eigenvalue weighted by Crippen LogP contribution is 2.15. The quantitative estimate of drug-likeness (QED) is 0.424. The van der Waals surface area contributed by atoms with Crippen LogP contribution < -0.4 is 5.32 Å². The van der Waals surface area contributed by atoms with Gasteiger partial charge in [0.05, 0.1) is 0 Å². The maximum atomic E-state index is 4.83. The summed E-state index contributed by atoms with van der Waals surface area (Å²) in [4.78, 5) is 9.77. The Bertz CT molecular complexity index is 287. The number of nitrogens with zero attached hydrogens (tertiary/aromatic N) is 3. The molecule has 1 saturated heterocycles. The fourth-order valence-corrected chi connectivity index (χ4v) is 2.98. The van der Waals surface area contributed by atoms with E-state index in [2.05, 4.69) is 42.8 Å². The molecule has 0 aromatic heterocycles. The van der Waals surface area contributed by atoms with Gasteiger partial charge in [-0.1, -0.05) is 20.8 Å². The number of piperidine rings is 1. The maximum absolute atomic E-state index is 4.83. The maximum Gasteiger partial charge on any atom is 0.193 e. The number of aliphatic imine (C=N–C) groups is 1. The van der Waals surface area contributed by atoms with Crippen LogP contribution in [0, 0.1) is 5.92 Å². The molecule has 0 aliphatic carbocycles. The Labute approximate surface area is 132 Å². The van der Waals surface area contributed by atoms with Crippen molar-refractivity contribution in [1.29, 1.82) is 0 Å². The van der Waals surface area contributed by atoms with Crippen molar-refractivity contribution in [1.82, 2.24) is 15.1 Å². The largest absolute Gasteiger partial charge is 0.357 e. The second-order valence-corrected chi connectivity index (χ2v) is 6.16. The second kappa shape index (κ2) is 10.9. The Morgan fingerprint density at radius 1 is 1.24 bits per heavy atom. The van der Waals surface area contributed by atoms with E-state index in [0.717, 1.165) is 51.1 Å². The van der Waals surface area contributed by atoms with Crippen LogP contribution in [0.25, 0.3) is 0 Å². The van der Waals surface area contributed by atoms with E-state index in [1.54, 1.807) is 0 Å².